The van der Waals surface area contributed by atoms with Gasteiger partial charge in [0.05, 0.1) is 10.4 Å². The number of nitrogens with zero attached hydrogens (tertiary/aromatic N) is 1. The predicted octanol–water partition coefficient (Wildman–Crippen LogP) is 15.6. The SMILES string of the molecule is c1cc(-c2cccc(N(c3ccc(-c4ccc5c(c4)oc4ccccc45)cc3)c3cccc4c3sc3ccccc34)c2)cc(-c2cccc3ccccc23)c1. The molecule has 0 amide bonds. The van der Waals surface area contributed by atoms with E-state index in [1.807, 2.05) is 23.5 Å². The van der Waals surface area contributed by atoms with Crippen LogP contribution in [0.2, 0.25) is 0 Å². The zero-order chi connectivity index (χ0) is 36.3. The number of benzene rings is 9. The molecule has 0 radical (unpaired) electrons. The normalized spacial score (nSPS) is 11.6. The summed E-state index contributed by atoms with van der Waals surface area (Å²) in [5.41, 5.74) is 12.3. The lowest BCUT2D eigenvalue weighted by atomic mass is 9.95. The van der Waals surface area contributed by atoms with E-state index in [1.54, 1.807) is 0 Å². The Hall–Kier alpha value is -6.94. The van der Waals surface area contributed by atoms with Crippen molar-refractivity contribution in [2.45, 2.75) is 0 Å². The Bertz CT molecular complexity index is 3220. The third-order valence-corrected chi connectivity index (χ3v) is 12.1. The van der Waals surface area contributed by atoms with Crippen LogP contribution in [0.1, 0.15) is 0 Å². The quantitative estimate of drug-likeness (QED) is 0.170. The first-order chi connectivity index (χ1) is 27.2. The van der Waals surface area contributed by atoms with Crippen LogP contribution in [0.5, 0.6) is 0 Å². The maximum Gasteiger partial charge on any atom is 0.136 e. The van der Waals surface area contributed by atoms with E-state index in [0.717, 1.165) is 50.1 Å². The van der Waals surface area contributed by atoms with Crippen molar-refractivity contribution < 1.29 is 4.42 Å². The lowest BCUT2D eigenvalue weighted by molar-refractivity contribution is 0.669. The molecule has 0 unspecified atom stereocenters. The number of furan rings is 1. The molecule has 0 spiro atoms. The molecule has 0 saturated carbocycles. The molecule has 9 aromatic carbocycles. The van der Waals surface area contributed by atoms with E-state index in [4.69, 9.17) is 4.42 Å². The van der Waals surface area contributed by atoms with Crippen molar-refractivity contribution in [3.8, 4) is 33.4 Å². The highest BCUT2D eigenvalue weighted by molar-refractivity contribution is 7.26. The summed E-state index contributed by atoms with van der Waals surface area (Å²) in [4.78, 5) is 2.42. The smallest absolute Gasteiger partial charge is 0.136 e. The number of thiophene rings is 1. The first kappa shape index (κ1) is 31.6. The Balaban J connectivity index is 1.04. The van der Waals surface area contributed by atoms with Crippen LogP contribution in [0.3, 0.4) is 0 Å². The predicted molar refractivity (Wildman–Crippen MR) is 235 cm³/mol. The van der Waals surface area contributed by atoms with Gasteiger partial charge in [-0.2, -0.15) is 0 Å². The standard InChI is InChI=1S/C52H33NOS/c1-2-17-42-35(11-1)12-9-20-43(42)39-15-7-13-36(31-39)37-14-8-16-41(32-37)53(48-22-10-21-47-46-19-4-6-24-51(46)55-52(47)48)40-28-25-34(26-29-40)38-27-30-45-44-18-3-5-23-49(44)54-50(45)33-38/h1-33H. The van der Waals surface area contributed by atoms with Gasteiger partial charge in [-0.1, -0.05) is 140 Å². The fourth-order valence-electron chi connectivity index (χ4n) is 8.21. The van der Waals surface area contributed by atoms with Crippen molar-refractivity contribution in [1.29, 1.82) is 0 Å². The third-order valence-electron chi connectivity index (χ3n) is 10.9. The van der Waals surface area contributed by atoms with Crippen LogP contribution in [-0.2, 0) is 0 Å². The number of hydrogen-bond donors (Lipinski definition) is 0. The first-order valence-corrected chi connectivity index (χ1v) is 19.5. The second-order valence-corrected chi connectivity index (χ2v) is 15.2. The van der Waals surface area contributed by atoms with E-state index in [0.29, 0.717) is 0 Å². The lowest BCUT2D eigenvalue weighted by Gasteiger charge is -2.27. The van der Waals surface area contributed by atoms with Crippen molar-refractivity contribution in [2.24, 2.45) is 0 Å². The zero-order valence-electron chi connectivity index (χ0n) is 29.8. The van der Waals surface area contributed by atoms with E-state index in [1.165, 1.54) is 53.2 Å². The van der Waals surface area contributed by atoms with Crippen molar-refractivity contribution in [3.63, 3.8) is 0 Å². The van der Waals surface area contributed by atoms with Crippen LogP contribution in [-0.4, -0.2) is 0 Å². The van der Waals surface area contributed by atoms with Gasteiger partial charge in [-0.05, 0) is 105 Å². The van der Waals surface area contributed by atoms with E-state index < -0.39 is 0 Å². The maximum atomic E-state index is 6.25. The molecular formula is C52H33NOS. The van der Waals surface area contributed by atoms with Gasteiger partial charge in [-0.15, -0.1) is 11.3 Å². The Labute approximate surface area is 322 Å². The fourth-order valence-corrected chi connectivity index (χ4v) is 9.42. The molecule has 0 saturated heterocycles. The molecule has 0 aliphatic heterocycles. The zero-order valence-corrected chi connectivity index (χ0v) is 30.6. The minimum absolute atomic E-state index is 0.905. The van der Waals surface area contributed by atoms with Gasteiger partial charge in [0.1, 0.15) is 11.2 Å². The Morgan fingerprint density at radius 3 is 1.91 bits per heavy atom. The van der Waals surface area contributed by atoms with Gasteiger partial charge in [-0.3, -0.25) is 0 Å². The van der Waals surface area contributed by atoms with Gasteiger partial charge in [0.2, 0.25) is 0 Å². The highest BCUT2D eigenvalue weighted by Gasteiger charge is 2.19. The average Bonchev–Trinajstić information content (AvgIpc) is 3.83. The summed E-state index contributed by atoms with van der Waals surface area (Å²) in [6.45, 7) is 0. The molecule has 55 heavy (non-hydrogen) atoms. The second kappa shape index (κ2) is 12.9. The second-order valence-electron chi connectivity index (χ2n) is 14.1. The molecule has 0 aliphatic rings. The minimum Gasteiger partial charge on any atom is -0.456 e. The van der Waals surface area contributed by atoms with Crippen LogP contribution in [0.4, 0.5) is 17.1 Å². The number of rotatable bonds is 6. The van der Waals surface area contributed by atoms with Crippen molar-refractivity contribution in [1.82, 2.24) is 0 Å². The van der Waals surface area contributed by atoms with Gasteiger partial charge >= 0.3 is 0 Å². The van der Waals surface area contributed by atoms with E-state index in [9.17, 15) is 0 Å². The molecule has 11 rings (SSSR count). The summed E-state index contributed by atoms with van der Waals surface area (Å²) in [7, 11) is 0. The van der Waals surface area contributed by atoms with E-state index in [2.05, 4.69) is 193 Å². The fraction of sp³-hybridized carbons (Fsp3) is 0. The molecule has 3 heteroatoms. The molecule has 0 fully saturated rings. The van der Waals surface area contributed by atoms with Crippen LogP contribution in [0.15, 0.2) is 205 Å². The molecular weight excluding hydrogens is 687 g/mol. The first-order valence-electron chi connectivity index (χ1n) is 18.7. The number of fused-ring (bicyclic) bond motifs is 7. The van der Waals surface area contributed by atoms with Crippen molar-refractivity contribution in [3.05, 3.63) is 200 Å². The molecule has 0 N–H and O–H groups in total. The van der Waals surface area contributed by atoms with Crippen LogP contribution in [0.25, 0.3) is 86.3 Å². The Kier molecular flexibility index (Phi) is 7.39. The van der Waals surface area contributed by atoms with Crippen LogP contribution in [0, 0.1) is 0 Å². The number of hydrogen-bond acceptors (Lipinski definition) is 3. The van der Waals surface area contributed by atoms with Crippen molar-refractivity contribution in [2.75, 3.05) is 4.90 Å². The minimum atomic E-state index is 0.905. The molecule has 2 nitrogen and oxygen atoms in total. The molecule has 0 atom stereocenters. The van der Waals surface area contributed by atoms with Gasteiger partial charge in [0, 0.05) is 37.6 Å². The van der Waals surface area contributed by atoms with Crippen LogP contribution >= 0.6 is 11.3 Å². The summed E-state index contributed by atoms with van der Waals surface area (Å²) >= 11 is 1.86. The topological polar surface area (TPSA) is 16.4 Å². The molecule has 11 aromatic rings. The molecule has 2 aromatic heterocycles. The monoisotopic (exact) mass is 719 g/mol. The summed E-state index contributed by atoms with van der Waals surface area (Å²) in [5, 5.41) is 7.37. The molecule has 2 heterocycles. The summed E-state index contributed by atoms with van der Waals surface area (Å²) in [5.74, 6) is 0. The highest BCUT2D eigenvalue weighted by atomic mass is 32.1. The van der Waals surface area contributed by atoms with E-state index in [-0.39, 0.29) is 0 Å². The molecule has 258 valence electrons. The maximum absolute atomic E-state index is 6.25. The van der Waals surface area contributed by atoms with Gasteiger partial charge in [0.25, 0.3) is 0 Å². The Morgan fingerprint density at radius 1 is 0.364 bits per heavy atom. The van der Waals surface area contributed by atoms with Gasteiger partial charge < -0.3 is 9.32 Å². The molecule has 0 aliphatic carbocycles. The van der Waals surface area contributed by atoms with E-state index >= 15 is 0 Å². The third kappa shape index (κ3) is 5.40. The number of para-hydroxylation sites is 1. The highest BCUT2D eigenvalue weighted by Crippen LogP contribution is 2.46. The lowest BCUT2D eigenvalue weighted by Crippen LogP contribution is -2.10. The average molecular weight is 720 g/mol. The Morgan fingerprint density at radius 2 is 1.00 bits per heavy atom. The van der Waals surface area contributed by atoms with Crippen molar-refractivity contribution >= 4 is 81.3 Å². The molecule has 0 bridgehead atoms. The summed E-state index contributed by atoms with van der Waals surface area (Å²) in [6, 6.07) is 72.3. The summed E-state index contributed by atoms with van der Waals surface area (Å²) < 4.78 is 8.81. The number of anilines is 3. The summed E-state index contributed by atoms with van der Waals surface area (Å²) in [6.07, 6.45) is 0. The van der Waals surface area contributed by atoms with Gasteiger partial charge in [0.15, 0.2) is 0 Å². The largest absolute Gasteiger partial charge is 0.456 e. The van der Waals surface area contributed by atoms with Crippen LogP contribution < -0.4 is 4.90 Å². The van der Waals surface area contributed by atoms with Gasteiger partial charge in [-0.25, -0.2) is 0 Å².